The molecule has 0 aliphatic heterocycles. The highest BCUT2D eigenvalue weighted by Crippen LogP contribution is 2.40. The molecule has 1 saturated carbocycles. The largest absolute Gasteiger partial charge is 0.481 e. The van der Waals surface area contributed by atoms with E-state index in [1.165, 1.54) is 31.0 Å². The number of carboxylic acids is 1. The lowest BCUT2D eigenvalue weighted by molar-refractivity contribution is -0.133. The second kappa shape index (κ2) is 5.99. The van der Waals surface area contributed by atoms with Gasteiger partial charge in [-0.25, -0.2) is 0 Å². The molecule has 0 atom stereocenters. The normalized spacial score (nSPS) is 18.7. The maximum absolute atomic E-state index is 10.8. The molecule has 0 unspecified atom stereocenters. The minimum absolute atomic E-state index is 0.0188. The lowest BCUT2D eigenvalue weighted by atomic mass is 9.75. The molecule has 1 heterocycles. The summed E-state index contributed by atoms with van der Waals surface area (Å²) in [7, 11) is 0. The summed E-state index contributed by atoms with van der Waals surface area (Å²) in [4.78, 5) is 10.8. The van der Waals surface area contributed by atoms with Crippen molar-refractivity contribution in [3.8, 4) is 0 Å². The van der Waals surface area contributed by atoms with E-state index in [4.69, 9.17) is 5.11 Å². The van der Waals surface area contributed by atoms with E-state index in [9.17, 15) is 4.79 Å². The van der Waals surface area contributed by atoms with Gasteiger partial charge in [0.25, 0.3) is 0 Å². The van der Waals surface area contributed by atoms with Crippen molar-refractivity contribution in [1.29, 1.82) is 0 Å². The van der Waals surface area contributed by atoms with Crippen LogP contribution in [0.3, 0.4) is 0 Å². The van der Waals surface area contributed by atoms with Crippen LogP contribution in [0.15, 0.2) is 5.16 Å². The first-order valence-corrected chi connectivity index (χ1v) is 8.53. The molecule has 1 aromatic heterocycles. The highest BCUT2D eigenvalue weighted by molar-refractivity contribution is 7.99. The van der Waals surface area contributed by atoms with Crippen LogP contribution >= 0.6 is 11.8 Å². The van der Waals surface area contributed by atoms with Gasteiger partial charge in [0.1, 0.15) is 5.82 Å². The molecule has 21 heavy (non-hydrogen) atoms. The third kappa shape index (κ3) is 3.59. The summed E-state index contributed by atoms with van der Waals surface area (Å²) >= 11 is 1.26. The van der Waals surface area contributed by atoms with Crippen LogP contribution < -0.4 is 0 Å². The Morgan fingerprint density at radius 2 is 1.90 bits per heavy atom. The van der Waals surface area contributed by atoms with Crippen LogP contribution in [0.1, 0.15) is 65.6 Å². The van der Waals surface area contributed by atoms with Crippen molar-refractivity contribution in [2.24, 2.45) is 0 Å². The summed E-state index contributed by atoms with van der Waals surface area (Å²) in [6.45, 7) is 8.63. The fraction of sp³-hybridized carbons (Fsp3) is 0.800. The Kier molecular flexibility index (Phi) is 4.66. The lowest BCUT2D eigenvalue weighted by Gasteiger charge is -2.36. The summed E-state index contributed by atoms with van der Waals surface area (Å²) in [6.07, 6.45) is 6.01. The van der Waals surface area contributed by atoms with Gasteiger partial charge in [0.15, 0.2) is 5.16 Å². The zero-order valence-electron chi connectivity index (χ0n) is 13.3. The molecule has 0 spiro atoms. The Hall–Kier alpha value is -1.04. The SMILES string of the molecule is CC1(c2nnc(SCC(=O)O)n2C(C)(C)C)CCCCC1. The monoisotopic (exact) mass is 311 g/mol. The maximum atomic E-state index is 10.8. The van der Waals surface area contributed by atoms with Gasteiger partial charge in [-0.15, -0.1) is 10.2 Å². The van der Waals surface area contributed by atoms with Crippen LogP contribution in [0.25, 0.3) is 0 Å². The van der Waals surface area contributed by atoms with Crippen molar-refractivity contribution in [2.75, 3.05) is 5.75 Å². The average molecular weight is 311 g/mol. The van der Waals surface area contributed by atoms with E-state index in [0.29, 0.717) is 5.16 Å². The maximum Gasteiger partial charge on any atom is 0.313 e. The summed E-state index contributed by atoms with van der Waals surface area (Å²) in [5.74, 6) is 0.210. The predicted molar refractivity (Wildman–Crippen MR) is 83.8 cm³/mol. The zero-order valence-corrected chi connectivity index (χ0v) is 14.2. The number of carboxylic acid groups (broad SMARTS) is 1. The number of nitrogens with zero attached hydrogens (tertiary/aromatic N) is 3. The molecule has 1 aliphatic rings. The fourth-order valence-corrected chi connectivity index (χ4v) is 3.88. The van der Waals surface area contributed by atoms with Crippen LogP contribution in [0.2, 0.25) is 0 Å². The van der Waals surface area contributed by atoms with Gasteiger partial charge >= 0.3 is 5.97 Å². The predicted octanol–water partition coefficient (Wildman–Crippen LogP) is 3.43. The Labute approximate surface area is 130 Å². The molecule has 0 amide bonds. The van der Waals surface area contributed by atoms with Gasteiger partial charge in [-0.2, -0.15) is 0 Å². The van der Waals surface area contributed by atoms with Crippen molar-refractivity contribution >= 4 is 17.7 Å². The molecule has 0 aromatic carbocycles. The van der Waals surface area contributed by atoms with Crippen molar-refractivity contribution < 1.29 is 9.90 Å². The third-order valence-electron chi connectivity index (χ3n) is 4.13. The molecular weight excluding hydrogens is 286 g/mol. The van der Waals surface area contributed by atoms with Gasteiger partial charge in [0.05, 0.1) is 5.75 Å². The molecule has 0 saturated heterocycles. The van der Waals surface area contributed by atoms with E-state index in [2.05, 4.69) is 42.5 Å². The Bertz CT molecular complexity index is 513. The Balaban J connectivity index is 2.39. The van der Waals surface area contributed by atoms with E-state index in [1.54, 1.807) is 0 Å². The summed E-state index contributed by atoms with van der Waals surface area (Å²) in [5, 5.41) is 18.4. The highest BCUT2D eigenvalue weighted by Gasteiger charge is 2.37. The van der Waals surface area contributed by atoms with Crippen molar-refractivity contribution in [3.63, 3.8) is 0 Å². The van der Waals surface area contributed by atoms with E-state index < -0.39 is 5.97 Å². The molecule has 0 radical (unpaired) electrons. The van der Waals surface area contributed by atoms with E-state index >= 15 is 0 Å². The van der Waals surface area contributed by atoms with E-state index in [1.807, 2.05) is 0 Å². The van der Waals surface area contributed by atoms with Crippen LogP contribution in [-0.4, -0.2) is 31.6 Å². The number of thioether (sulfide) groups is 1. The van der Waals surface area contributed by atoms with E-state index in [0.717, 1.165) is 18.7 Å². The van der Waals surface area contributed by atoms with Gasteiger partial charge in [-0.05, 0) is 33.6 Å². The number of aromatic nitrogens is 3. The van der Waals surface area contributed by atoms with Crippen LogP contribution in [-0.2, 0) is 15.7 Å². The smallest absolute Gasteiger partial charge is 0.313 e. The van der Waals surface area contributed by atoms with Crippen molar-refractivity contribution in [1.82, 2.24) is 14.8 Å². The molecule has 1 aromatic rings. The number of hydrogen-bond donors (Lipinski definition) is 1. The molecule has 1 N–H and O–H groups in total. The molecule has 118 valence electrons. The summed E-state index contributed by atoms with van der Waals surface area (Å²) in [6, 6.07) is 0. The first-order valence-electron chi connectivity index (χ1n) is 7.55. The lowest BCUT2D eigenvalue weighted by Crippen LogP contribution is -2.34. The molecule has 2 rings (SSSR count). The Morgan fingerprint density at radius 3 is 2.43 bits per heavy atom. The third-order valence-corrected chi connectivity index (χ3v) is 5.04. The topological polar surface area (TPSA) is 68.0 Å². The number of rotatable bonds is 4. The van der Waals surface area contributed by atoms with Crippen LogP contribution in [0.4, 0.5) is 0 Å². The number of carbonyl (C=O) groups is 1. The fourth-order valence-electron chi connectivity index (χ4n) is 3.04. The number of aliphatic carboxylic acids is 1. The van der Waals surface area contributed by atoms with Gasteiger partial charge in [0.2, 0.25) is 0 Å². The van der Waals surface area contributed by atoms with Gasteiger partial charge < -0.3 is 9.67 Å². The summed E-state index contributed by atoms with van der Waals surface area (Å²) < 4.78 is 2.14. The Morgan fingerprint density at radius 1 is 1.29 bits per heavy atom. The van der Waals surface area contributed by atoms with Crippen molar-refractivity contribution in [3.05, 3.63) is 5.82 Å². The van der Waals surface area contributed by atoms with Crippen LogP contribution in [0, 0.1) is 0 Å². The second-order valence-corrected chi connectivity index (χ2v) is 8.06. The highest BCUT2D eigenvalue weighted by atomic mass is 32.2. The molecule has 1 aliphatic carbocycles. The average Bonchev–Trinajstić information content (AvgIpc) is 2.81. The molecular formula is C15H25N3O2S. The molecule has 5 nitrogen and oxygen atoms in total. The van der Waals surface area contributed by atoms with Gasteiger partial charge in [-0.3, -0.25) is 4.79 Å². The molecule has 1 fully saturated rings. The van der Waals surface area contributed by atoms with Crippen LogP contribution in [0.5, 0.6) is 0 Å². The van der Waals surface area contributed by atoms with Crippen molar-refractivity contribution in [2.45, 2.75) is 75.9 Å². The van der Waals surface area contributed by atoms with E-state index in [-0.39, 0.29) is 16.7 Å². The summed E-state index contributed by atoms with van der Waals surface area (Å²) in [5.41, 5.74) is -0.0965. The first-order chi connectivity index (χ1) is 9.74. The number of hydrogen-bond acceptors (Lipinski definition) is 4. The molecule has 0 bridgehead atoms. The van der Waals surface area contributed by atoms with Gasteiger partial charge in [0, 0.05) is 11.0 Å². The second-order valence-electron chi connectivity index (χ2n) is 7.12. The minimum atomic E-state index is -0.825. The first kappa shape index (κ1) is 16.3. The minimum Gasteiger partial charge on any atom is -0.481 e. The quantitative estimate of drug-likeness (QED) is 0.863. The zero-order chi connectivity index (χ0) is 15.7. The standard InChI is InChI=1S/C15H25N3O2S/c1-14(2,3)18-12(15(4)8-6-5-7-9-15)16-17-13(18)21-10-11(19)20/h5-10H2,1-4H3,(H,19,20). The van der Waals surface area contributed by atoms with Gasteiger partial charge in [-0.1, -0.05) is 37.9 Å². The molecule has 6 heteroatoms.